The lowest BCUT2D eigenvalue weighted by Crippen LogP contribution is -2.04. The lowest BCUT2D eigenvalue weighted by molar-refractivity contribution is 0.567. The standard InChI is InChI=1S/C28H45BrN2/c1-3-5-7-9-11-13-15-17-21-25-26(22-18-16-14-12-10-8-6-4-2)31-28-24(29)20-19-23-27(28)30-25/h19-20,23H,3-18,21-22H2,1-2H3. The van der Waals surface area contributed by atoms with Gasteiger partial charge in [-0.3, -0.25) is 0 Å². The molecule has 0 aliphatic carbocycles. The van der Waals surface area contributed by atoms with Crippen molar-refractivity contribution in [2.75, 3.05) is 0 Å². The normalized spacial score (nSPS) is 11.5. The minimum atomic E-state index is 1.02. The summed E-state index contributed by atoms with van der Waals surface area (Å²) in [6.45, 7) is 4.57. The molecule has 0 spiro atoms. The van der Waals surface area contributed by atoms with Crippen LogP contribution in [-0.4, -0.2) is 9.97 Å². The van der Waals surface area contributed by atoms with Crippen LogP contribution in [0.3, 0.4) is 0 Å². The van der Waals surface area contributed by atoms with Crippen LogP contribution in [0.1, 0.15) is 128 Å². The molecule has 0 N–H and O–H groups in total. The average molecular weight is 490 g/mol. The van der Waals surface area contributed by atoms with Crippen LogP contribution >= 0.6 is 15.9 Å². The number of halogens is 1. The first-order valence-electron chi connectivity index (χ1n) is 13.2. The molecule has 3 heteroatoms. The highest BCUT2D eigenvalue weighted by Gasteiger charge is 2.11. The maximum atomic E-state index is 5.07. The SMILES string of the molecule is CCCCCCCCCCc1nc2cccc(Br)c2nc1CCCCCCCCCC. The van der Waals surface area contributed by atoms with Crippen LogP contribution in [0.2, 0.25) is 0 Å². The first-order valence-corrected chi connectivity index (χ1v) is 14.0. The summed E-state index contributed by atoms with van der Waals surface area (Å²) in [5, 5.41) is 0. The van der Waals surface area contributed by atoms with E-state index in [9.17, 15) is 0 Å². The van der Waals surface area contributed by atoms with Gasteiger partial charge in [0, 0.05) is 4.47 Å². The summed E-state index contributed by atoms with van der Waals surface area (Å²) >= 11 is 3.67. The molecule has 0 fully saturated rings. The van der Waals surface area contributed by atoms with Crippen molar-refractivity contribution in [2.45, 2.75) is 129 Å². The maximum absolute atomic E-state index is 5.07. The van der Waals surface area contributed by atoms with Crippen LogP contribution in [0, 0.1) is 0 Å². The second-order valence-electron chi connectivity index (χ2n) is 9.17. The number of rotatable bonds is 18. The van der Waals surface area contributed by atoms with E-state index in [-0.39, 0.29) is 0 Å². The summed E-state index contributed by atoms with van der Waals surface area (Å²) < 4.78 is 1.06. The molecule has 0 aliphatic rings. The molecule has 0 aliphatic heterocycles. The Bertz CT molecular complexity index is 728. The van der Waals surface area contributed by atoms with E-state index >= 15 is 0 Å². The maximum Gasteiger partial charge on any atom is 0.103 e. The summed E-state index contributed by atoms with van der Waals surface area (Å²) in [6, 6.07) is 6.25. The smallest absolute Gasteiger partial charge is 0.103 e. The molecule has 0 saturated heterocycles. The fourth-order valence-corrected chi connectivity index (χ4v) is 4.81. The second kappa shape index (κ2) is 16.6. The molecule has 0 saturated carbocycles. The quantitative estimate of drug-likeness (QED) is 0.195. The zero-order valence-corrected chi connectivity index (χ0v) is 21.8. The third-order valence-corrected chi connectivity index (χ3v) is 6.97. The van der Waals surface area contributed by atoms with Gasteiger partial charge < -0.3 is 0 Å². The van der Waals surface area contributed by atoms with E-state index in [0.717, 1.165) is 28.3 Å². The molecule has 2 aromatic rings. The van der Waals surface area contributed by atoms with Crippen LogP contribution in [-0.2, 0) is 12.8 Å². The minimum absolute atomic E-state index is 1.02. The van der Waals surface area contributed by atoms with Crippen LogP contribution in [0.4, 0.5) is 0 Å². The number of hydrogen-bond acceptors (Lipinski definition) is 2. The fraction of sp³-hybridized carbons (Fsp3) is 0.714. The number of hydrogen-bond donors (Lipinski definition) is 0. The van der Waals surface area contributed by atoms with Gasteiger partial charge in [-0.2, -0.15) is 0 Å². The van der Waals surface area contributed by atoms with E-state index in [2.05, 4.69) is 48.0 Å². The first kappa shape index (κ1) is 26.3. The summed E-state index contributed by atoms with van der Waals surface area (Å²) in [5.41, 5.74) is 4.55. The Balaban J connectivity index is 1.84. The first-order chi connectivity index (χ1) is 15.3. The van der Waals surface area contributed by atoms with Crippen LogP contribution in [0.25, 0.3) is 11.0 Å². The third-order valence-electron chi connectivity index (χ3n) is 6.34. The monoisotopic (exact) mass is 488 g/mol. The molecule has 0 unspecified atom stereocenters. The van der Waals surface area contributed by atoms with Gasteiger partial charge in [-0.1, -0.05) is 110 Å². The summed E-state index contributed by atoms with van der Waals surface area (Å²) in [4.78, 5) is 10.1. The van der Waals surface area contributed by atoms with Gasteiger partial charge in [0.05, 0.1) is 16.9 Å². The third kappa shape index (κ3) is 10.5. The molecular weight excluding hydrogens is 444 g/mol. The van der Waals surface area contributed by atoms with Gasteiger partial charge in [-0.05, 0) is 53.7 Å². The molecular formula is C28H45BrN2. The van der Waals surface area contributed by atoms with E-state index in [1.54, 1.807) is 0 Å². The lowest BCUT2D eigenvalue weighted by Gasteiger charge is -2.11. The van der Waals surface area contributed by atoms with E-state index in [1.807, 2.05) is 0 Å². The van der Waals surface area contributed by atoms with Crippen molar-refractivity contribution in [1.29, 1.82) is 0 Å². The Kier molecular flexibility index (Phi) is 14.1. The van der Waals surface area contributed by atoms with Crippen molar-refractivity contribution in [3.8, 4) is 0 Å². The number of nitrogens with zero attached hydrogens (tertiary/aromatic N) is 2. The molecule has 174 valence electrons. The Morgan fingerprint density at radius 2 is 1.03 bits per heavy atom. The van der Waals surface area contributed by atoms with Crippen LogP contribution in [0.5, 0.6) is 0 Å². The van der Waals surface area contributed by atoms with E-state index in [4.69, 9.17) is 9.97 Å². The van der Waals surface area contributed by atoms with Crippen molar-refractivity contribution >= 4 is 27.0 Å². The molecule has 31 heavy (non-hydrogen) atoms. The molecule has 0 atom stereocenters. The molecule has 1 aromatic carbocycles. The summed E-state index contributed by atoms with van der Waals surface area (Å²) in [7, 11) is 0. The molecule has 2 nitrogen and oxygen atoms in total. The Labute approximate surface area is 200 Å². The number of aryl methyl sites for hydroxylation is 2. The number of fused-ring (bicyclic) bond motifs is 1. The van der Waals surface area contributed by atoms with Crippen molar-refractivity contribution < 1.29 is 0 Å². The Morgan fingerprint density at radius 1 is 0.581 bits per heavy atom. The second-order valence-corrected chi connectivity index (χ2v) is 10.0. The fourth-order valence-electron chi connectivity index (χ4n) is 4.37. The van der Waals surface area contributed by atoms with Gasteiger partial charge in [-0.15, -0.1) is 0 Å². The summed E-state index contributed by atoms with van der Waals surface area (Å²) in [6.07, 6.45) is 23.9. The van der Waals surface area contributed by atoms with Crippen molar-refractivity contribution in [3.05, 3.63) is 34.1 Å². The predicted octanol–water partition coefficient (Wildman–Crippen LogP) is 9.76. The van der Waals surface area contributed by atoms with Crippen molar-refractivity contribution in [1.82, 2.24) is 9.97 Å². The Morgan fingerprint density at radius 3 is 1.55 bits per heavy atom. The number of unbranched alkanes of at least 4 members (excludes halogenated alkanes) is 14. The van der Waals surface area contributed by atoms with Gasteiger partial charge in [0.1, 0.15) is 5.52 Å². The van der Waals surface area contributed by atoms with E-state index in [1.165, 1.54) is 114 Å². The molecule has 1 aromatic heterocycles. The van der Waals surface area contributed by atoms with Crippen molar-refractivity contribution in [2.24, 2.45) is 0 Å². The minimum Gasteiger partial charge on any atom is -0.249 e. The molecule has 1 heterocycles. The van der Waals surface area contributed by atoms with Crippen LogP contribution < -0.4 is 0 Å². The number of para-hydroxylation sites is 1. The predicted molar refractivity (Wildman–Crippen MR) is 140 cm³/mol. The highest BCUT2D eigenvalue weighted by molar-refractivity contribution is 9.10. The zero-order valence-electron chi connectivity index (χ0n) is 20.2. The molecule has 0 amide bonds. The van der Waals surface area contributed by atoms with Gasteiger partial charge in [0.2, 0.25) is 0 Å². The van der Waals surface area contributed by atoms with E-state index < -0.39 is 0 Å². The molecule has 2 rings (SSSR count). The average Bonchev–Trinajstić information content (AvgIpc) is 2.78. The summed E-state index contributed by atoms with van der Waals surface area (Å²) in [5.74, 6) is 0. The zero-order chi connectivity index (χ0) is 22.2. The highest BCUT2D eigenvalue weighted by Crippen LogP contribution is 2.24. The van der Waals surface area contributed by atoms with Crippen LogP contribution in [0.15, 0.2) is 22.7 Å². The van der Waals surface area contributed by atoms with Gasteiger partial charge in [-0.25, -0.2) is 9.97 Å². The van der Waals surface area contributed by atoms with Gasteiger partial charge in [0.25, 0.3) is 0 Å². The lowest BCUT2D eigenvalue weighted by atomic mass is 10.0. The largest absolute Gasteiger partial charge is 0.249 e. The highest BCUT2D eigenvalue weighted by atomic mass is 79.9. The number of aromatic nitrogens is 2. The van der Waals surface area contributed by atoms with Gasteiger partial charge in [0.15, 0.2) is 0 Å². The molecule has 0 radical (unpaired) electrons. The van der Waals surface area contributed by atoms with Crippen molar-refractivity contribution in [3.63, 3.8) is 0 Å². The van der Waals surface area contributed by atoms with Gasteiger partial charge >= 0.3 is 0 Å². The molecule has 0 bridgehead atoms. The number of benzene rings is 1. The topological polar surface area (TPSA) is 25.8 Å². The van der Waals surface area contributed by atoms with E-state index in [0.29, 0.717) is 0 Å². The Hall–Kier alpha value is -0.960.